The SMILES string of the molecule is CCCCC(CCC)S(=O)(=O)OCCCC=Cc1ccccc1. The summed E-state index contributed by atoms with van der Waals surface area (Å²) >= 11 is 0. The van der Waals surface area contributed by atoms with Gasteiger partial charge in [-0.2, -0.15) is 8.42 Å². The molecule has 0 aromatic heterocycles. The molecule has 1 aromatic rings. The van der Waals surface area contributed by atoms with Crippen LogP contribution < -0.4 is 0 Å². The largest absolute Gasteiger partial charge is 0.270 e. The van der Waals surface area contributed by atoms with Crippen molar-refractivity contribution in [2.75, 3.05) is 6.61 Å². The van der Waals surface area contributed by atoms with E-state index in [1.165, 1.54) is 0 Å². The van der Waals surface area contributed by atoms with E-state index in [0.717, 1.165) is 37.7 Å². The molecule has 0 heterocycles. The van der Waals surface area contributed by atoms with Gasteiger partial charge in [0.05, 0.1) is 11.9 Å². The van der Waals surface area contributed by atoms with E-state index in [4.69, 9.17) is 4.18 Å². The molecule has 1 unspecified atom stereocenters. The first-order chi connectivity index (χ1) is 11.1. The number of hydrogen-bond donors (Lipinski definition) is 0. The molecule has 4 heteroatoms. The van der Waals surface area contributed by atoms with Crippen LogP contribution in [0.5, 0.6) is 0 Å². The van der Waals surface area contributed by atoms with Gasteiger partial charge in [-0.05, 0) is 31.2 Å². The van der Waals surface area contributed by atoms with E-state index < -0.39 is 10.1 Å². The Kier molecular flexibility index (Phi) is 9.88. The fraction of sp³-hybridized carbons (Fsp3) is 0.579. The van der Waals surface area contributed by atoms with Gasteiger partial charge in [0.25, 0.3) is 10.1 Å². The minimum Gasteiger partial charge on any atom is -0.270 e. The van der Waals surface area contributed by atoms with Crippen LogP contribution in [-0.2, 0) is 14.3 Å². The summed E-state index contributed by atoms with van der Waals surface area (Å²) in [7, 11) is -3.42. The van der Waals surface area contributed by atoms with Crippen molar-refractivity contribution in [3.63, 3.8) is 0 Å². The zero-order valence-electron chi connectivity index (χ0n) is 14.4. The Balaban J connectivity index is 2.33. The van der Waals surface area contributed by atoms with E-state index in [1.807, 2.05) is 37.3 Å². The van der Waals surface area contributed by atoms with Crippen molar-refractivity contribution in [1.29, 1.82) is 0 Å². The molecule has 0 fully saturated rings. The summed E-state index contributed by atoms with van der Waals surface area (Å²) < 4.78 is 29.7. The maximum Gasteiger partial charge on any atom is 0.270 e. The smallest absolute Gasteiger partial charge is 0.270 e. The van der Waals surface area contributed by atoms with Crippen LogP contribution in [0.3, 0.4) is 0 Å². The molecule has 1 aromatic carbocycles. The molecule has 0 radical (unpaired) electrons. The van der Waals surface area contributed by atoms with Gasteiger partial charge in [-0.15, -0.1) is 0 Å². The molecular formula is C19H30O3S. The second-order valence-electron chi connectivity index (χ2n) is 5.82. The number of benzene rings is 1. The molecule has 23 heavy (non-hydrogen) atoms. The topological polar surface area (TPSA) is 43.4 Å². The van der Waals surface area contributed by atoms with Gasteiger partial charge in [0.15, 0.2) is 0 Å². The predicted octanol–water partition coefficient (Wildman–Crippen LogP) is 5.19. The highest BCUT2D eigenvalue weighted by Gasteiger charge is 2.24. The minimum atomic E-state index is -3.42. The normalized spacial score (nSPS) is 13.5. The standard InChI is InChI=1S/C19H30O3S/c1-3-5-16-19(12-4-2)23(20,21)22-17-11-7-10-15-18-13-8-6-9-14-18/h6,8-10,13-15,19H,3-5,7,11-12,16-17H2,1-2H3. The van der Waals surface area contributed by atoms with E-state index in [2.05, 4.69) is 19.1 Å². The van der Waals surface area contributed by atoms with Crippen LogP contribution in [-0.4, -0.2) is 20.3 Å². The Bertz CT molecular complexity index is 535. The van der Waals surface area contributed by atoms with Gasteiger partial charge in [-0.3, -0.25) is 4.18 Å². The number of allylic oxidation sites excluding steroid dienone is 1. The summed E-state index contributed by atoms with van der Waals surface area (Å²) in [6.07, 6.45) is 9.87. The average molecular weight is 339 g/mol. The van der Waals surface area contributed by atoms with Crippen molar-refractivity contribution in [1.82, 2.24) is 0 Å². The van der Waals surface area contributed by atoms with Gasteiger partial charge >= 0.3 is 0 Å². The molecule has 0 bridgehead atoms. The van der Waals surface area contributed by atoms with Gasteiger partial charge in [0.2, 0.25) is 0 Å². The Morgan fingerprint density at radius 2 is 1.78 bits per heavy atom. The van der Waals surface area contributed by atoms with Crippen LogP contribution in [0.4, 0.5) is 0 Å². The lowest BCUT2D eigenvalue weighted by molar-refractivity contribution is 0.303. The molecule has 0 amide bonds. The summed E-state index contributed by atoms with van der Waals surface area (Å²) in [5.74, 6) is 0. The molecule has 0 N–H and O–H groups in total. The molecule has 0 saturated heterocycles. The summed E-state index contributed by atoms with van der Waals surface area (Å²) in [6, 6.07) is 10.1. The fourth-order valence-electron chi connectivity index (χ4n) is 2.44. The van der Waals surface area contributed by atoms with Gasteiger partial charge in [0, 0.05) is 0 Å². The molecule has 0 aliphatic rings. The second kappa shape index (κ2) is 11.4. The van der Waals surface area contributed by atoms with Crippen LogP contribution in [0.2, 0.25) is 0 Å². The highest BCUT2D eigenvalue weighted by molar-refractivity contribution is 7.87. The summed E-state index contributed by atoms with van der Waals surface area (Å²) in [4.78, 5) is 0. The lowest BCUT2D eigenvalue weighted by atomic mass is 10.1. The van der Waals surface area contributed by atoms with Crippen LogP contribution in [0.15, 0.2) is 36.4 Å². The summed E-state index contributed by atoms with van der Waals surface area (Å²) in [5.41, 5.74) is 1.16. The first-order valence-electron chi connectivity index (χ1n) is 8.70. The first kappa shape index (κ1) is 19.9. The lowest BCUT2D eigenvalue weighted by Gasteiger charge is -2.16. The van der Waals surface area contributed by atoms with Gasteiger partial charge < -0.3 is 0 Å². The fourth-order valence-corrected chi connectivity index (χ4v) is 3.97. The third-order valence-electron chi connectivity index (χ3n) is 3.77. The van der Waals surface area contributed by atoms with Crippen molar-refractivity contribution in [2.45, 2.75) is 64.0 Å². The molecule has 1 rings (SSSR count). The molecule has 0 saturated carbocycles. The monoisotopic (exact) mass is 338 g/mol. The van der Waals surface area contributed by atoms with Crippen molar-refractivity contribution in [3.8, 4) is 0 Å². The van der Waals surface area contributed by atoms with E-state index in [1.54, 1.807) is 0 Å². The third kappa shape index (κ3) is 8.33. The lowest BCUT2D eigenvalue weighted by Crippen LogP contribution is -2.24. The van der Waals surface area contributed by atoms with E-state index in [0.29, 0.717) is 12.8 Å². The average Bonchev–Trinajstić information content (AvgIpc) is 2.55. The Hall–Kier alpha value is -1.13. The maximum absolute atomic E-state index is 12.2. The quantitative estimate of drug-likeness (QED) is 0.389. The van der Waals surface area contributed by atoms with E-state index >= 15 is 0 Å². The van der Waals surface area contributed by atoms with Crippen molar-refractivity contribution in [2.24, 2.45) is 0 Å². The minimum absolute atomic E-state index is 0.272. The molecule has 130 valence electrons. The highest BCUT2D eigenvalue weighted by atomic mass is 32.2. The number of unbranched alkanes of at least 4 members (excludes halogenated alkanes) is 2. The molecule has 0 aliphatic carbocycles. The van der Waals surface area contributed by atoms with Gasteiger partial charge in [-0.25, -0.2) is 0 Å². The zero-order chi connectivity index (χ0) is 17.0. The van der Waals surface area contributed by atoms with Crippen LogP contribution in [0.1, 0.15) is 64.4 Å². The number of rotatable bonds is 12. The van der Waals surface area contributed by atoms with Crippen molar-refractivity contribution >= 4 is 16.2 Å². The molecule has 3 nitrogen and oxygen atoms in total. The summed E-state index contributed by atoms with van der Waals surface area (Å²) in [5, 5.41) is -0.340. The highest BCUT2D eigenvalue weighted by Crippen LogP contribution is 2.18. The molecule has 0 aliphatic heterocycles. The molecule has 1 atom stereocenters. The Labute approximate surface area is 141 Å². The van der Waals surface area contributed by atoms with E-state index in [9.17, 15) is 8.42 Å². The van der Waals surface area contributed by atoms with Gasteiger partial charge in [0.1, 0.15) is 0 Å². The molecular weight excluding hydrogens is 308 g/mol. The van der Waals surface area contributed by atoms with Gasteiger partial charge in [-0.1, -0.05) is 75.6 Å². The van der Waals surface area contributed by atoms with Crippen LogP contribution in [0.25, 0.3) is 6.08 Å². The van der Waals surface area contributed by atoms with Crippen molar-refractivity contribution in [3.05, 3.63) is 42.0 Å². The molecule has 0 spiro atoms. The first-order valence-corrected chi connectivity index (χ1v) is 10.2. The Morgan fingerprint density at radius 1 is 1.04 bits per heavy atom. The second-order valence-corrected chi connectivity index (χ2v) is 7.71. The van der Waals surface area contributed by atoms with Crippen LogP contribution >= 0.6 is 0 Å². The zero-order valence-corrected chi connectivity index (χ0v) is 15.2. The number of hydrogen-bond acceptors (Lipinski definition) is 3. The summed E-state index contributed by atoms with van der Waals surface area (Å²) in [6.45, 7) is 4.37. The third-order valence-corrected chi connectivity index (χ3v) is 5.55. The van der Waals surface area contributed by atoms with Crippen LogP contribution in [0, 0.1) is 0 Å². The predicted molar refractivity (Wildman–Crippen MR) is 97.8 cm³/mol. The van der Waals surface area contributed by atoms with Crippen molar-refractivity contribution < 1.29 is 12.6 Å². The maximum atomic E-state index is 12.2. The Morgan fingerprint density at radius 3 is 2.43 bits per heavy atom. The van der Waals surface area contributed by atoms with E-state index in [-0.39, 0.29) is 11.9 Å².